The van der Waals surface area contributed by atoms with Crippen molar-refractivity contribution >= 4 is 5.65 Å². The van der Waals surface area contributed by atoms with E-state index >= 15 is 0 Å². The summed E-state index contributed by atoms with van der Waals surface area (Å²) in [5.41, 5.74) is 9.08. The number of pyridine rings is 1. The number of piperidine rings is 1. The van der Waals surface area contributed by atoms with Crippen molar-refractivity contribution in [1.82, 2.24) is 14.3 Å². The van der Waals surface area contributed by atoms with Crippen molar-refractivity contribution in [3.63, 3.8) is 0 Å². The zero-order chi connectivity index (χ0) is 13.2. The summed E-state index contributed by atoms with van der Waals surface area (Å²) >= 11 is 0. The summed E-state index contributed by atoms with van der Waals surface area (Å²) in [4.78, 5) is 7.24. The van der Waals surface area contributed by atoms with Gasteiger partial charge in [-0.3, -0.25) is 0 Å². The average Bonchev–Trinajstić information content (AvgIpc) is 2.83. The van der Waals surface area contributed by atoms with Gasteiger partial charge in [-0.05, 0) is 32.5 Å². The first-order chi connectivity index (χ1) is 9.28. The number of likely N-dealkylation sites (tertiary alicyclic amines) is 1. The number of hydrogen-bond donors (Lipinski definition) is 1. The van der Waals surface area contributed by atoms with E-state index in [-0.39, 0.29) is 0 Å². The van der Waals surface area contributed by atoms with E-state index in [1.54, 1.807) is 0 Å². The Bertz CT molecular complexity index is 560. The molecule has 1 fully saturated rings. The van der Waals surface area contributed by atoms with E-state index in [4.69, 9.17) is 10.7 Å². The molecule has 1 unspecified atom stereocenters. The molecule has 0 spiro atoms. The molecule has 3 heterocycles. The second-order valence-corrected chi connectivity index (χ2v) is 5.54. The minimum Gasteiger partial charge on any atom is -0.326 e. The van der Waals surface area contributed by atoms with Crippen molar-refractivity contribution in [2.45, 2.75) is 38.3 Å². The quantitative estimate of drug-likeness (QED) is 0.913. The highest BCUT2D eigenvalue weighted by Crippen LogP contribution is 2.19. The molecule has 2 N–H and O–H groups in total. The minimum absolute atomic E-state index is 0.546. The summed E-state index contributed by atoms with van der Waals surface area (Å²) < 4.78 is 2.10. The number of aromatic nitrogens is 2. The summed E-state index contributed by atoms with van der Waals surface area (Å²) in [5.74, 6) is 0. The van der Waals surface area contributed by atoms with Gasteiger partial charge >= 0.3 is 0 Å². The van der Waals surface area contributed by atoms with Crippen molar-refractivity contribution in [3.8, 4) is 0 Å². The van der Waals surface area contributed by atoms with Crippen molar-refractivity contribution < 1.29 is 0 Å². The lowest BCUT2D eigenvalue weighted by Gasteiger charge is -2.31. The SMILES string of the molecule is CN1CCCCC1Cc1cn2cccc(CN)c2n1. The van der Waals surface area contributed by atoms with Gasteiger partial charge < -0.3 is 15.0 Å². The second-order valence-electron chi connectivity index (χ2n) is 5.54. The molecule has 1 aliphatic heterocycles. The van der Waals surface area contributed by atoms with Gasteiger partial charge in [-0.1, -0.05) is 12.5 Å². The van der Waals surface area contributed by atoms with E-state index in [1.807, 2.05) is 6.07 Å². The number of fused-ring (bicyclic) bond motifs is 1. The van der Waals surface area contributed by atoms with Crippen LogP contribution in [0.4, 0.5) is 0 Å². The minimum atomic E-state index is 0.546. The Balaban J connectivity index is 1.85. The molecule has 0 aliphatic carbocycles. The van der Waals surface area contributed by atoms with E-state index in [1.165, 1.54) is 31.5 Å². The molecule has 3 rings (SSSR count). The number of nitrogens with two attached hydrogens (primary N) is 1. The Morgan fingerprint density at radius 2 is 2.32 bits per heavy atom. The maximum atomic E-state index is 5.77. The number of imidazole rings is 1. The third-order valence-corrected chi connectivity index (χ3v) is 4.20. The zero-order valence-electron chi connectivity index (χ0n) is 11.5. The average molecular weight is 258 g/mol. The number of rotatable bonds is 3. The lowest BCUT2D eigenvalue weighted by molar-refractivity contribution is 0.184. The van der Waals surface area contributed by atoms with Crippen LogP contribution in [-0.2, 0) is 13.0 Å². The monoisotopic (exact) mass is 258 g/mol. The standard InChI is InChI=1S/C15H22N4/c1-18-7-3-2-6-14(18)9-13-11-19-8-4-5-12(10-16)15(19)17-13/h4-5,8,11,14H,2-3,6-7,9-10,16H2,1H3. The van der Waals surface area contributed by atoms with Crippen LogP contribution in [0.2, 0.25) is 0 Å². The van der Waals surface area contributed by atoms with Crippen LogP contribution >= 0.6 is 0 Å². The fraction of sp³-hybridized carbons (Fsp3) is 0.533. The Labute approximate surface area is 114 Å². The van der Waals surface area contributed by atoms with Crippen molar-refractivity contribution in [1.29, 1.82) is 0 Å². The molecule has 19 heavy (non-hydrogen) atoms. The predicted molar refractivity (Wildman–Crippen MR) is 77.1 cm³/mol. The maximum Gasteiger partial charge on any atom is 0.141 e. The third kappa shape index (κ3) is 2.51. The van der Waals surface area contributed by atoms with E-state index < -0.39 is 0 Å². The highest BCUT2D eigenvalue weighted by molar-refractivity contribution is 5.48. The lowest BCUT2D eigenvalue weighted by Crippen LogP contribution is -2.37. The number of hydrogen-bond acceptors (Lipinski definition) is 3. The van der Waals surface area contributed by atoms with Crippen LogP contribution in [0, 0.1) is 0 Å². The summed E-state index contributed by atoms with van der Waals surface area (Å²) in [6, 6.07) is 4.73. The van der Waals surface area contributed by atoms with Crippen LogP contribution in [-0.4, -0.2) is 33.9 Å². The highest BCUT2D eigenvalue weighted by Gasteiger charge is 2.20. The van der Waals surface area contributed by atoms with Gasteiger partial charge in [0.2, 0.25) is 0 Å². The second kappa shape index (κ2) is 5.31. The topological polar surface area (TPSA) is 46.6 Å². The molecule has 2 aromatic rings. The Kier molecular flexibility index (Phi) is 3.53. The van der Waals surface area contributed by atoms with Gasteiger partial charge in [-0.2, -0.15) is 0 Å². The van der Waals surface area contributed by atoms with Gasteiger partial charge in [0.1, 0.15) is 5.65 Å². The molecule has 0 bridgehead atoms. The third-order valence-electron chi connectivity index (χ3n) is 4.20. The Morgan fingerprint density at radius 1 is 1.42 bits per heavy atom. The lowest BCUT2D eigenvalue weighted by atomic mass is 9.99. The van der Waals surface area contributed by atoms with Crippen molar-refractivity contribution in [3.05, 3.63) is 35.8 Å². The molecule has 102 valence electrons. The fourth-order valence-electron chi connectivity index (χ4n) is 3.02. The first-order valence-electron chi connectivity index (χ1n) is 7.13. The van der Waals surface area contributed by atoms with Crippen LogP contribution in [0.15, 0.2) is 24.5 Å². The molecule has 1 atom stereocenters. The predicted octanol–water partition coefficient (Wildman–Crippen LogP) is 1.82. The van der Waals surface area contributed by atoms with Crippen LogP contribution < -0.4 is 5.73 Å². The molecule has 0 amide bonds. The van der Waals surface area contributed by atoms with Gasteiger partial charge in [-0.15, -0.1) is 0 Å². The highest BCUT2D eigenvalue weighted by atomic mass is 15.1. The van der Waals surface area contributed by atoms with Crippen LogP contribution in [0.1, 0.15) is 30.5 Å². The molecule has 2 aromatic heterocycles. The smallest absolute Gasteiger partial charge is 0.141 e. The molecule has 0 saturated carbocycles. The largest absolute Gasteiger partial charge is 0.326 e. The fourth-order valence-corrected chi connectivity index (χ4v) is 3.02. The summed E-state index contributed by atoms with van der Waals surface area (Å²) in [5, 5.41) is 0. The molecule has 0 aromatic carbocycles. The molecule has 1 saturated heterocycles. The molecular formula is C15H22N4. The summed E-state index contributed by atoms with van der Waals surface area (Å²) in [7, 11) is 2.23. The van der Waals surface area contributed by atoms with Crippen LogP contribution in [0.25, 0.3) is 5.65 Å². The van der Waals surface area contributed by atoms with Crippen molar-refractivity contribution in [2.24, 2.45) is 5.73 Å². The van der Waals surface area contributed by atoms with Gasteiger partial charge in [0.05, 0.1) is 5.69 Å². The van der Waals surface area contributed by atoms with Crippen molar-refractivity contribution in [2.75, 3.05) is 13.6 Å². The molecular weight excluding hydrogens is 236 g/mol. The van der Waals surface area contributed by atoms with Crippen LogP contribution in [0.5, 0.6) is 0 Å². The Hall–Kier alpha value is -1.39. The van der Waals surface area contributed by atoms with E-state index in [0.717, 1.165) is 17.6 Å². The summed E-state index contributed by atoms with van der Waals surface area (Å²) in [6.45, 7) is 1.76. The van der Waals surface area contributed by atoms with Gasteiger partial charge in [0, 0.05) is 37.0 Å². The van der Waals surface area contributed by atoms with Gasteiger partial charge in [-0.25, -0.2) is 4.98 Å². The normalized spacial score (nSPS) is 21.1. The van der Waals surface area contributed by atoms with E-state index in [0.29, 0.717) is 12.6 Å². The summed E-state index contributed by atoms with van der Waals surface area (Å²) in [6.07, 6.45) is 9.20. The molecule has 1 aliphatic rings. The zero-order valence-corrected chi connectivity index (χ0v) is 11.5. The van der Waals surface area contributed by atoms with E-state index in [9.17, 15) is 0 Å². The van der Waals surface area contributed by atoms with Gasteiger partial charge in [0.25, 0.3) is 0 Å². The number of nitrogens with zero attached hydrogens (tertiary/aromatic N) is 3. The Morgan fingerprint density at radius 3 is 3.11 bits per heavy atom. The molecule has 0 radical (unpaired) electrons. The number of likely N-dealkylation sites (N-methyl/N-ethyl adjacent to an activating group) is 1. The molecule has 4 nitrogen and oxygen atoms in total. The first-order valence-corrected chi connectivity index (χ1v) is 7.13. The van der Waals surface area contributed by atoms with Gasteiger partial charge in [0.15, 0.2) is 0 Å². The first kappa shape index (κ1) is 12.6. The maximum absolute atomic E-state index is 5.77. The molecule has 4 heteroatoms. The van der Waals surface area contributed by atoms with Crippen LogP contribution in [0.3, 0.4) is 0 Å². The van der Waals surface area contributed by atoms with E-state index in [2.05, 4.69) is 34.8 Å².